The Morgan fingerprint density at radius 3 is 2.36 bits per heavy atom. The van der Waals surface area contributed by atoms with Crippen LogP contribution in [0.25, 0.3) is 27.7 Å². The number of alkyl halides is 3. The standard InChI is InChI=1S/C26H24F3N5O2/c27-26(28,29)21-5-3-18(4-6-21)19-9-12-33(25(35)14-19)23-7-8-24-20(13-23)15-30-34(24)17-22(31-36)16-32-10-1-2-11-32/h3-9,12-15,22H,1-2,10-11,16-17H2/t22-/m0/s1. The molecule has 1 saturated heterocycles. The van der Waals surface area contributed by atoms with E-state index in [9.17, 15) is 22.9 Å². The summed E-state index contributed by atoms with van der Waals surface area (Å²) in [6, 6.07) is 12.9. The molecule has 0 N–H and O–H groups in total. The van der Waals surface area contributed by atoms with Crippen LogP contribution < -0.4 is 5.56 Å². The van der Waals surface area contributed by atoms with Crippen LogP contribution in [-0.4, -0.2) is 44.9 Å². The summed E-state index contributed by atoms with van der Waals surface area (Å²) < 4.78 is 41.7. The average molecular weight is 496 g/mol. The van der Waals surface area contributed by atoms with Gasteiger partial charge >= 0.3 is 6.18 Å². The molecule has 10 heteroatoms. The number of hydrogen-bond donors (Lipinski definition) is 0. The van der Waals surface area contributed by atoms with Gasteiger partial charge < -0.3 is 4.90 Å². The van der Waals surface area contributed by atoms with E-state index in [1.165, 1.54) is 22.8 Å². The van der Waals surface area contributed by atoms with Crippen LogP contribution in [0.5, 0.6) is 0 Å². The van der Waals surface area contributed by atoms with Crippen LogP contribution in [0.4, 0.5) is 13.2 Å². The van der Waals surface area contributed by atoms with Gasteiger partial charge in [-0.25, -0.2) is 0 Å². The quantitative estimate of drug-likeness (QED) is 0.334. The van der Waals surface area contributed by atoms with Gasteiger partial charge in [-0.3, -0.25) is 14.0 Å². The second-order valence-electron chi connectivity index (χ2n) is 9.04. The van der Waals surface area contributed by atoms with Crippen molar-refractivity contribution in [1.82, 2.24) is 19.2 Å². The van der Waals surface area contributed by atoms with Crippen LogP contribution in [0.1, 0.15) is 18.4 Å². The number of nitroso groups, excluding NO2 is 1. The fourth-order valence-corrected chi connectivity index (χ4v) is 4.68. The first-order valence-electron chi connectivity index (χ1n) is 11.7. The Bertz CT molecular complexity index is 1440. The largest absolute Gasteiger partial charge is 0.416 e. The molecule has 3 heterocycles. The molecule has 5 rings (SSSR count). The Morgan fingerprint density at radius 2 is 1.69 bits per heavy atom. The van der Waals surface area contributed by atoms with Crippen molar-refractivity contribution in [2.45, 2.75) is 31.6 Å². The number of fused-ring (bicyclic) bond motifs is 1. The average Bonchev–Trinajstić information content (AvgIpc) is 3.53. The molecule has 186 valence electrons. The smallest absolute Gasteiger partial charge is 0.301 e. The van der Waals surface area contributed by atoms with Gasteiger partial charge in [0, 0.05) is 29.9 Å². The highest BCUT2D eigenvalue weighted by atomic mass is 19.4. The first-order valence-corrected chi connectivity index (χ1v) is 11.7. The minimum atomic E-state index is -4.41. The van der Waals surface area contributed by atoms with Crippen molar-refractivity contribution in [3.05, 3.63) is 87.8 Å². The van der Waals surface area contributed by atoms with Crippen LogP contribution in [0.15, 0.2) is 77.0 Å². The molecule has 0 aliphatic carbocycles. The molecule has 1 fully saturated rings. The highest BCUT2D eigenvalue weighted by molar-refractivity contribution is 5.81. The highest BCUT2D eigenvalue weighted by Gasteiger charge is 2.30. The minimum absolute atomic E-state index is 0.310. The third-order valence-corrected chi connectivity index (χ3v) is 6.57. The maximum absolute atomic E-state index is 12.8. The van der Waals surface area contributed by atoms with Crippen molar-refractivity contribution >= 4 is 10.9 Å². The lowest BCUT2D eigenvalue weighted by Gasteiger charge is -2.18. The maximum atomic E-state index is 12.8. The Labute approximate surface area is 204 Å². The number of pyridine rings is 1. The van der Waals surface area contributed by atoms with E-state index < -0.39 is 17.8 Å². The lowest BCUT2D eigenvalue weighted by molar-refractivity contribution is -0.137. The van der Waals surface area contributed by atoms with Gasteiger partial charge in [0.05, 0.1) is 23.8 Å². The lowest BCUT2D eigenvalue weighted by Crippen LogP contribution is -2.31. The number of hydrogen-bond acceptors (Lipinski definition) is 5. The van der Waals surface area contributed by atoms with E-state index in [0.29, 0.717) is 29.9 Å². The van der Waals surface area contributed by atoms with E-state index in [1.54, 1.807) is 29.2 Å². The molecule has 1 aliphatic rings. The maximum Gasteiger partial charge on any atom is 0.416 e. The third kappa shape index (κ3) is 4.94. The fraction of sp³-hybridized carbons (Fsp3) is 0.308. The molecule has 0 radical (unpaired) electrons. The SMILES string of the molecule is O=N[C@@H](CN1CCCC1)Cn1ncc2cc(-n3ccc(-c4ccc(C(F)(F)F)cc4)cc3=O)ccc21. The monoisotopic (exact) mass is 495 g/mol. The summed E-state index contributed by atoms with van der Waals surface area (Å²) in [5.74, 6) is 0. The zero-order valence-electron chi connectivity index (χ0n) is 19.4. The van der Waals surface area contributed by atoms with E-state index in [1.807, 2.05) is 12.1 Å². The summed E-state index contributed by atoms with van der Waals surface area (Å²) in [5, 5.41) is 8.55. The molecule has 36 heavy (non-hydrogen) atoms. The number of aromatic nitrogens is 3. The third-order valence-electron chi connectivity index (χ3n) is 6.57. The second-order valence-corrected chi connectivity index (χ2v) is 9.04. The van der Waals surface area contributed by atoms with Crippen molar-refractivity contribution in [2.75, 3.05) is 19.6 Å². The van der Waals surface area contributed by atoms with Gasteiger partial charge in [-0.15, -0.1) is 0 Å². The Kier molecular flexibility index (Phi) is 6.44. The van der Waals surface area contributed by atoms with Crippen molar-refractivity contribution in [3.8, 4) is 16.8 Å². The molecule has 1 aliphatic heterocycles. The number of nitrogens with zero attached hydrogens (tertiary/aromatic N) is 5. The molecule has 1 atom stereocenters. The topological polar surface area (TPSA) is 72.5 Å². The summed E-state index contributed by atoms with van der Waals surface area (Å²) in [6.45, 7) is 2.97. The van der Waals surface area contributed by atoms with Gasteiger partial charge in [0.25, 0.3) is 5.56 Å². The van der Waals surface area contributed by atoms with Gasteiger partial charge in [-0.05, 0) is 73.5 Å². The summed E-state index contributed by atoms with van der Waals surface area (Å²) in [6.07, 6.45) is 1.17. The Balaban J connectivity index is 1.36. The summed E-state index contributed by atoms with van der Waals surface area (Å²) >= 11 is 0. The number of halogens is 3. The summed E-state index contributed by atoms with van der Waals surface area (Å²) in [5.41, 5.74) is 1.48. The van der Waals surface area contributed by atoms with E-state index >= 15 is 0 Å². The fourth-order valence-electron chi connectivity index (χ4n) is 4.68. The normalized spacial score (nSPS) is 15.4. The first kappa shape index (κ1) is 23.9. The van der Waals surface area contributed by atoms with Crippen molar-refractivity contribution < 1.29 is 13.2 Å². The van der Waals surface area contributed by atoms with E-state index in [2.05, 4.69) is 15.2 Å². The van der Waals surface area contributed by atoms with Gasteiger partial charge in [0.1, 0.15) is 6.04 Å². The van der Waals surface area contributed by atoms with Gasteiger partial charge in [-0.2, -0.15) is 23.2 Å². The number of benzene rings is 2. The van der Waals surface area contributed by atoms with Crippen molar-refractivity contribution in [2.24, 2.45) is 5.18 Å². The van der Waals surface area contributed by atoms with Crippen molar-refractivity contribution in [1.29, 1.82) is 0 Å². The van der Waals surface area contributed by atoms with Crippen LogP contribution in [0, 0.1) is 4.91 Å². The molecule has 0 unspecified atom stereocenters. The van der Waals surface area contributed by atoms with Gasteiger partial charge in [0.2, 0.25) is 0 Å². The zero-order chi connectivity index (χ0) is 25.3. The minimum Gasteiger partial charge on any atom is -0.301 e. The first-order chi connectivity index (χ1) is 17.3. The van der Waals surface area contributed by atoms with Gasteiger partial charge in [-0.1, -0.05) is 17.3 Å². The molecule has 2 aromatic heterocycles. The van der Waals surface area contributed by atoms with Crippen LogP contribution in [0.3, 0.4) is 0 Å². The van der Waals surface area contributed by atoms with E-state index in [-0.39, 0.29) is 5.56 Å². The molecule has 4 aromatic rings. The molecule has 0 bridgehead atoms. The Hall–Kier alpha value is -3.79. The predicted molar refractivity (Wildman–Crippen MR) is 131 cm³/mol. The predicted octanol–water partition coefficient (Wildman–Crippen LogP) is 5.10. The lowest BCUT2D eigenvalue weighted by atomic mass is 10.0. The number of likely N-dealkylation sites (tertiary alicyclic amines) is 1. The molecule has 7 nitrogen and oxygen atoms in total. The van der Waals surface area contributed by atoms with Crippen LogP contribution >= 0.6 is 0 Å². The number of rotatable bonds is 7. The molecular weight excluding hydrogens is 471 g/mol. The molecular formula is C26H24F3N5O2. The van der Waals surface area contributed by atoms with Gasteiger partial charge in [0.15, 0.2) is 0 Å². The van der Waals surface area contributed by atoms with Crippen LogP contribution in [-0.2, 0) is 12.7 Å². The zero-order valence-corrected chi connectivity index (χ0v) is 19.4. The molecule has 0 spiro atoms. The second kappa shape index (κ2) is 9.69. The molecule has 0 saturated carbocycles. The summed E-state index contributed by atoms with van der Waals surface area (Å²) in [7, 11) is 0. The van der Waals surface area contributed by atoms with Crippen LogP contribution in [0.2, 0.25) is 0 Å². The molecule has 2 aromatic carbocycles. The van der Waals surface area contributed by atoms with Crippen molar-refractivity contribution in [3.63, 3.8) is 0 Å². The van der Waals surface area contributed by atoms with E-state index in [0.717, 1.165) is 49.0 Å². The molecule has 0 amide bonds. The highest BCUT2D eigenvalue weighted by Crippen LogP contribution is 2.31. The summed E-state index contributed by atoms with van der Waals surface area (Å²) in [4.78, 5) is 26.5. The Morgan fingerprint density at radius 1 is 0.944 bits per heavy atom. The van der Waals surface area contributed by atoms with E-state index in [4.69, 9.17) is 0 Å².